The summed E-state index contributed by atoms with van der Waals surface area (Å²) in [6.07, 6.45) is 1.07. The van der Waals surface area contributed by atoms with Crippen LogP contribution in [0.15, 0.2) is 22.3 Å². The van der Waals surface area contributed by atoms with Gasteiger partial charge in [0.25, 0.3) is 5.56 Å². The fraction of sp³-hybridized carbons (Fsp3) is 0.267. The van der Waals surface area contributed by atoms with Gasteiger partial charge in [0, 0.05) is 10.6 Å². The molecule has 4 heterocycles. The van der Waals surface area contributed by atoms with E-state index in [1.165, 1.54) is 16.2 Å². The Morgan fingerprint density at radius 1 is 1.41 bits per heavy atom. The number of thioether (sulfide) groups is 1. The van der Waals surface area contributed by atoms with Gasteiger partial charge in [0.2, 0.25) is 0 Å². The molecule has 0 fully saturated rings. The van der Waals surface area contributed by atoms with E-state index < -0.39 is 0 Å². The maximum Gasteiger partial charge on any atom is 0.259 e. The molecule has 112 valence electrons. The summed E-state index contributed by atoms with van der Waals surface area (Å²) in [5.74, 6) is 2.47. The van der Waals surface area contributed by atoms with Crippen LogP contribution in [-0.4, -0.2) is 21.5 Å². The van der Waals surface area contributed by atoms with Crippen LogP contribution in [0.1, 0.15) is 25.9 Å². The third-order valence-corrected chi connectivity index (χ3v) is 6.85. The molecule has 0 saturated heterocycles. The van der Waals surface area contributed by atoms with Crippen LogP contribution in [0.3, 0.4) is 0 Å². The number of aryl methyl sites for hydroxylation is 1. The molecule has 0 saturated carbocycles. The van der Waals surface area contributed by atoms with Crippen molar-refractivity contribution < 1.29 is 4.79 Å². The van der Waals surface area contributed by atoms with Gasteiger partial charge in [-0.1, -0.05) is 6.07 Å². The molecule has 0 amide bonds. The molecule has 0 aliphatic carbocycles. The minimum Gasteiger partial charge on any atom is -0.310 e. The van der Waals surface area contributed by atoms with Crippen molar-refractivity contribution in [2.75, 3.05) is 5.75 Å². The van der Waals surface area contributed by atoms with E-state index in [2.05, 4.69) is 9.97 Å². The van der Waals surface area contributed by atoms with Crippen LogP contribution >= 0.6 is 34.4 Å². The van der Waals surface area contributed by atoms with Crippen molar-refractivity contribution in [3.05, 3.63) is 49.0 Å². The Balaban J connectivity index is 1.74. The summed E-state index contributed by atoms with van der Waals surface area (Å²) in [6, 6.07) is 3.65. The number of H-pyrrole nitrogens is 1. The van der Waals surface area contributed by atoms with Crippen molar-refractivity contribution in [1.29, 1.82) is 0 Å². The smallest absolute Gasteiger partial charge is 0.259 e. The van der Waals surface area contributed by atoms with E-state index in [-0.39, 0.29) is 17.8 Å². The second-order valence-electron chi connectivity index (χ2n) is 5.08. The molecule has 22 heavy (non-hydrogen) atoms. The Kier molecular flexibility index (Phi) is 3.63. The molecule has 3 aromatic rings. The first-order valence-corrected chi connectivity index (χ1v) is 9.75. The van der Waals surface area contributed by atoms with E-state index in [0.29, 0.717) is 10.7 Å². The van der Waals surface area contributed by atoms with Crippen molar-refractivity contribution in [2.45, 2.75) is 18.6 Å². The average Bonchev–Trinajstić information content (AvgIpc) is 3.14. The van der Waals surface area contributed by atoms with Crippen LogP contribution in [0, 0.1) is 0 Å². The van der Waals surface area contributed by atoms with Crippen molar-refractivity contribution in [2.24, 2.45) is 0 Å². The molecule has 0 radical (unpaired) electrons. The second-order valence-corrected chi connectivity index (χ2v) is 8.21. The maximum atomic E-state index is 12.4. The first-order valence-electron chi connectivity index (χ1n) is 6.90. The summed E-state index contributed by atoms with van der Waals surface area (Å²) in [5, 5.41) is 2.60. The van der Waals surface area contributed by atoms with Gasteiger partial charge < -0.3 is 4.98 Å². The van der Waals surface area contributed by atoms with Gasteiger partial charge in [0.05, 0.1) is 16.7 Å². The Bertz CT molecular complexity index is 909. The highest BCUT2D eigenvalue weighted by Gasteiger charge is 2.20. The summed E-state index contributed by atoms with van der Waals surface area (Å²) in [4.78, 5) is 34.6. The molecule has 7 heteroatoms. The zero-order valence-electron chi connectivity index (χ0n) is 11.5. The van der Waals surface area contributed by atoms with Gasteiger partial charge in [0.15, 0.2) is 5.78 Å². The zero-order valence-corrected chi connectivity index (χ0v) is 14.0. The normalized spacial score (nSPS) is 14.2. The van der Waals surface area contributed by atoms with E-state index in [0.717, 1.165) is 33.7 Å². The lowest BCUT2D eigenvalue weighted by atomic mass is 10.1. The fourth-order valence-electron chi connectivity index (χ4n) is 2.64. The van der Waals surface area contributed by atoms with Gasteiger partial charge >= 0.3 is 0 Å². The first-order chi connectivity index (χ1) is 10.7. The number of fused-ring (bicyclic) bond motifs is 3. The number of nitrogens with zero attached hydrogens (tertiary/aromatic N) is 1. The standard InChI is InChI=1S/C15H12N2O2S3/c18-9(10-2-1-4-21-10)6-12-16-14(19)13-8-3-5-20-7-11(8)22-15(13)17-12/h1-2,4H,3,5-7H2,(H,16,17,19). The largest absolute Gasteiger partial charge is 0.310 e. The van der Waals surface area contributed by atoms with Gasteiger partial charge in [0.1, 0.15) is 10.7 Å². The lowest BCUT2D eigenvalue weighted by Gasteiger charge is -2.09. The van der Waals surface area contributed by atoms with Crippen LogP contribution in [0.2, 0.25) is 0 Å². The number of nitrogens with one attached hydrogen (secondary N) is 1. The number of aromatic amines is 1. The molecular formula is C15H12N2O2S3. The highest BCUT2D eigenvalue weighted by molar-refractivity contribution is 7.98. The third-order valence-electron chi connectivity index (χ3n) is 3.65. The number of ketones is 1. The van der Waals surface area contributed by atoms with Gasteiger partial charge in [-0.15, -0.1) is 22.7 Å². The monoisotopic (exact) mass is 348 g/mol. The molecule has 0 atom stereocenters. The molecule has 0 unspecified atom stereocenters. The highest BCUT2D eigenvalue weighted by Crippen LogP contribution is 2.35. The molecule has 1 N–H and O–H groups in total. The van der Waals surface area contributed by atoms with Crippen molar-refractivity contribution in [3.8, 4) is 0 Å². The number of rotatable bonds is 3. The number of hydrogen-bond acceptors (Lipinski definition) is 6. The van der Waals surface area contributed by atoms with Crippen LogP contribution in [0.5, 0.6) is 0 Å². The van der Waals surface area contributed by atoms with Crippen LogP contribution < -0.4 is 5.56 Å². The lowest BCUT2D eigenvalue weighted by molar-refractivity contribution is 0.0994. The quantitative estimate of drug-likeness (QED) is 0.738. The first kappa shape index (κ1) is 14.2. The Morgan fingerprint density at radius 2 is 2.32 bits per heavy atom. The fourth-order valence-corrected chi connectivity index (χ4v) is 5.67. The molecular weight excluding hydrogens is 336 g/mol. The van der Waals surface area contributed by atoms with Crippen molar-refractivity contribution in [1.82, 2.24) is 9.97 Å². The topological polar surface area (TPSA) is 62.8 Å². The van der Waals surface area contributed by atoms with E-state index >= 15 is 0 Å². The predicted molar refractivity (Wildman–Crippen MR) is 92.5 cm³/mol. The minimum absolute atomic E-state index is 0.00521. The summed E-state index contributed by atoms with van der Waals surface area (Å²) >= 11 is 4.89. The molecule has 4 rings (SSSR count). The second kappa shape index (κ2) is 5.64. The number of thiophene rings is 2. The van der Waals surface area contributed by atoms with Gasteiger partial charge in [-0.25, -0.2) is 4.98 Å². The number of Topliss-reactive ketones (excluding diaryl/α,β-unsaturated/α-hetero) is 1. The molecule has 0 bridgehead atoms. The highest BCUT2D eigenvalue weighted by atomic mass is 32.2. The van der Waals surface area contributed by atoms with Crippen molar-refractivity contribution in [3.63, 3.8) is 0 Å². The van der Waals surface area contributed by atoms with Crippen LogP contribution in [0.25, 0.3) is 10.2 Å². The van der Waals surface area contributed by atoms with Crippen LogP contribution in [-0.2, 0) is 18.6 Å². The van der Waals surface area contributed by atoms with Gasteiger partial charge in [-0.05, 0) is 29.2 Å². The lowest BCUT2D eigenvalue weighted by Crippen LogP contribution is -2.15. The van der Waals surface area contributed by atoms with E-state index in [9.17, 15) is 9.59 Å². The van der Waals surface area contributed by atoms with Crippen LogP contribution in [0.4, 0.5) is 0 Å². The van der Waals surface area contributed by atoms with Gasteiger partial charge in [-0.3, -0.25) is 9.59 Å². The Hall–Kier alpha value is -1.44. The SMILES string of the molecule is O=C(Cc1nc2sc3c(c2c(=O)[nH]1)CCSC3)c1cccs1. The number of carbonyl (C=O) groups excluding carboxylic acids is 1. The number of aromatic nitrogens is 2. The van der Waals surface area contributed by atoms with E-state index in [1.54, 1.807) is 17.4 Å². The zero-order chi connectivity index (χ0) is 15.1. The van der Waals surface area contributed by atoms with Crippen molar-refractivity contribution >= 4 is 50.4 Å². The Labute approximate surface area is 138 Å². The number of hydrogen-bond donors (Lipinski definition) is 1. The maximum absolute atomic E-state index is 12.4. The molecule has 1 aliphatic heterocycles. The molecule has 4 nitrogen and oxygen atoms in total. The number of carbonyl (C=O) groups is 1. The summed E-state index contributed by atoms with van der Waals surface area (Å²) in [6.45, 7) is 0. The molecule has 3 aromatic heterocycles. The predicted octanol–water partition coefficient (Wildman–Crippen LogP) is 3.26. The minimum atomic E-state index is -0.108. The van der Waals surface area contributed by atoms with E-state index in [1.807, 2.05) is 23.2 Å². The molecule has 0 aromatic carbocycles. The summed E-state index contributed by atoms with van der Waals surface area (Å²) in [7, 11) is 0. The molecule has 1 aliphatic rings. The third kappa shape index (κ3) is 2.43. The summed E-state index contributed by atoms with van der Waals surface area (Å²) in [5.41, 5.74) is 1.05. The summed E-state index contributed by atoms with van der Waals surface area (Å²) < 4.78 is 0. The molecule has 0 spiro atoms. The Morgan fingerprint density at radius 3 is 3.14 bits per heavy atom. The van der Waals surface area contributed by atoms with E-state index in [4.69, 9.17) is 0 Å². The van der Waals surface area contributed by atoms with Gasteiger partial charge in [-0.2, -0.15) is 11.8 Å². The average molecular weight is 348 g/mol.